The number of anilines is 1. The molecule has 5 nitrogen and oxygen atoms in total. The van der Waals surface area contributed by atoms with Crippen molar-refractivity contribution in [3.8, 4) is 0 Å². The molecule has 28 heavy (non-hydrogen) atoms. The fourth-order valence-electron chi connectivity index (χ4n) is 4.22. The normalized spacial score (nSPS) is 21.0. The van der Waals surface area contributed by atoms with Gasteiger partial charge in [-0.15, -0.1) is 0 Å². The van der Waals surface area contributed by atoms with Gasteiger partial charge in [0.05, 0.1) is 17.5 Å². The first-order valence-corrected chi connectivity index (χ1v) is 11.6. The van der Waals surface area contributed by atoms with E-state index in [1.165, 1.54) is 15.4 Å². The molecule has 0 saturated carbocycles. The minimum Gasteiger partial charge on any atom is -0.345 e. The topological polar surface area (TPSA) is 66.5 Å². The lowest BCUT2D eigenvalue weighted by atomic mass is 9.87. The van der Waals surface area contributed by atoms with Crippen LogP contribution in [0.5, 0.6) is 0 Å². The molecule has 1 saturated heterocycles. The summed E-state index contributed by atoms with van der Waals surface area (Å²) in [5, 5.41) is 3.15. The molecule has 148 valence electrons. The Morgan fingerprint density at radius 3 is 2.75 bits per heavy atom. The summed E-state index contributed by atoms with van der Waals surface area (Å²) in [5.41, 5.74) is 4.47. The van der Waals surface area contributed by atoms with Crippen LogP contribution < -0.4 is 9.62 Å². The van der Waals surface area contributed by atoms with Crippen molar-refractivity contribution in [3.05, 3.63) is 64.7 Å². The van der Waals surface area contributed by atoms with Crippen LogP contribution in [0.3, 0.4) is 0 Å². The van der Waals surface area contributed by atoms with E-state index in [0.717, 1.165) is 31.2 Å². The van der Waals surface area contributed by atoms with Crippen LogP contribution >= 0.6 is 0 Å². The lowest BCUT2D eigenvalue weighted by Crippen LogP contribution is -2.38. The summed E-state index contributed by atoms with van der Waals surface area (Å²) in [6.07, 6.45) is 4.55. The zero-order chi connectivity index (χ0) is 19.7. The predicted octanol–water partition coefficient (Wildman–Crippen LogP) is 3.73. The number of aryl methyl sites for hydroxylation is 2. The summed E-state index contributed by atoms with van der Waals surface area (Å²) in [4.78, 5) is 13.0. The summed E-state index contributed by atoms with van der Waals surface area (Å²) in [6.45, 7) is 2.36. The summed E-state index contributed by atoms with van der Waals surface area (Å²) >= 11 is 0. The van der Waals surface area contributed by atoms with Crippen molar-refractivity contribution < 1.29 is 13.2 Å². The highest BCUT2D eigenvalue weighted by molar-refractivity contribution is 7.92. The molecule has 2 aromatic carbocycles. The predicted molar refractivity (Wildman–Crippen MR) is 111 cm³/mol. The Bertz CT molecular complexity index is 1000. The minimum absolute atomic E-state index is 0.000854. The van der Waals surface area contributed by atoms with E-state index in [4.69, 9.17) is 0 Å². The van der Waals surface area contributed by atoms with Crippen molar-refractivity contribution >= 4 is 21.6 Å². The van der Waals surface area contributed by atoms with Gasteiger partial charge >= 0.3 is 0 Å². The van der Waals surface area contributed by atoms with Crippen LogP contribution in [0.25, 0.3) is 0 Å². The number of benzene rings is 2. The van der Waals surface area contributed by atoms with Crippen LogP contribution in [-0.2, 0) is 16.4 Å². The molecule has 0 spiro atoms. The summed E-state index contributed by atoms with van der Waals surface area (Å²) in [6, 6.07) is 13.6. The second-order valence-corrected chi connectivity index (χ2v) is 9.73. The van der Waals surface area contributed by atoms with Crippen LogP contribution in [0, 0.1) is 6.92 Å². The smallest absolute Gasteiger partial charge is 0.251 e. The summed E-state index contributed by atoms with van der Waals surface area (Å²) < 4.78 is 26.5. The van der Waals surface area contributed by atoms with Crippen LogP contribution in [0.1, 0.15) is 58.8 Å². The van der Waals surface area contributed by atoms with Crippen molar-refractivity contribution in [2.45, 2.75) is 45.1 Å². The van der Waals surface area contributed by atoms with Crippen molar-refractivity contribution in [1.82, 2.24) is 5.32 Å². The number of nitrogens with one attached hydrogen (secondary N) is 1. The monoisotopic (exact) mass is 398 g/mol. The molecule has 1 aliphatic carbocycles. The minimum atomic E-state index is -3.31. The number of carbonyl (C=O) groups excluding carboxylic acids is 1. The molecule has 1 aliphatic heterocycles. The van der Waals surface area contributed by atoms with Crippen LogP contribution in [0.2, 0.25) is 0 Å². The van der Waals surface area contributed by atoms with Crippen LogP contribution in [0.4, 0.5) is 5.69 Å². The number of carbonyl (C=O) groups is 1. The standard InChI is InChI=1S/C22H26N2O3S/c1-16-11-12-18(15-21(16)24-13-4-5-14-28(24,26)27)22(25)23-20-10-6-8-17-7-2-3-9-19(17)20/h2-3,7,9,11-12,15,20H,4-6,8,10,13-14H2,1H3,(H,23,25)/t20-/m1/s1. The summed E-state index contributed by atoms with van der Waals surface area (Å²) in [7, 11) is -3.31. The molecule has 1 heterocycles. The molecule has 6 heteroatoms. The highest BCUT2D eigenvalue weighted by Gasteiger charge is 2.28. The number of fused-ring (bicyclic) bond motifs is 1. The van der Waals surface area contributed by atoms with Crippen molar-refractivity contribution in [1.29, 1.82) is 0 Å². The molecule has 1 atom stereocenters. The fraction of sp³-hybridized carbons (Fsp3) is 0.409. The molecule has 0 radical (unpaired) electrons. The van der Waals surface area contributed by atoms with Gasteiger partial charge in [0.2, 0.25) is 10.0 Å². The highest BCUT2D eigenvalue weighted by Crippen LogP contribution is 2.31. The zero-order valence-corrected chi connectivity index (χ0v) is 17.0. The number of rotatable bonds is 3. The average Bonchev–Trinajstić information content (AvgIpc) is 2.69. The number of amides is 1. The van der Waals surface area contributed by atoms with E-state index in [1.54, 1.807) is 12.1 Å². The van der Waals surface area contributed by atoms with E-state index in [9.17, 15) is 13.2 Å². The number of nitrogens with zero attached hydrogens (tertiary/aromatic N) is 1. The Kier molecular flexibility index (Phi) is 5.15. The quantitative estimate of drug-likeness (QED) is 0.857. The zero-order valence-electron chi connectivity index (χ0n) is 16.1. The van der Waals surface area contributed by atoms with Gasteiger partial charge in [-0.3, -0.25) is 9.10 Å². The molecule has 1 amide bonds. The molecule has 2 aliphatic rings. The third-order valence-corrected chi connectivity index (χ3v) is 7.62. The van der Waals surface area contributed by atoms with Gasteiger partial charge in [-0.2, -0.15) is 0 Å². The third-order valence-electron chi connectivity index (χ3n) is 5.76. The largest absolute Gasteiger partial charge is 0.345 e. The fourth-order valence-corrected chi connectivity index (χ4v) is 5.92. The molecule has 4 rings (SSSR count). The number of hydrogen-bond donors (Lipinski definition) is 1. The molecule has 0 unspecified atom stereocenters. The van der Waals surface area contributed by atoms with E-state index in [0.29, 0.717) is 24.2 Å². The first-order valence-electron chi connectivity index (χ1n) is 9.95. The Balaban J connectivity index is 1.59. The molecule has 1 N–H and O–H groups in total. The number of sulfonamides is 1. The second-order valence-electron chi connectivity index (χ2n) is 7.71. The SMILES string of the molecule is Cc1ccc(C(=O)N[C@@H]2CCCc3ccccc32)cc1N1CCCCS1(=O)=O. The first kappa shape index (κ1) is 19.0. The lowest BCUT2D eigenvalue weighted by molar-refractivity contribution is 0.0932. The maximum atomic E-state index is 13.0. The molecule has 2 aromatic rings. The second kappa shape index (κ2) is 7.59. The number of hydrogen-bond acceptors (Lipinski definition) is 3. The van der Waals surface area contributed by atoms with Crippen molar-refractivity contribution in [2.24, 2.45) is 0 Å². The van der Waals surface area contributed by atoms with E-state index < -0.39 is 10.0 Å². The average molecular weight is 399 g/mol. The lowest BCUT2D eigenvalue weighted by Gasteiger charge is -2.30. The van der Waals surface area contributed by atoms with Gasteiger partial charge in [-0.25, -0.2) is 8.42 Å². The Morgan fingerprint density at radius 1 is 1.11 bits per heavy atom. The maximum Gasteiger partial charge on any atom is 0.251 e. The molecular weight excluding hydrogens is 372 g/mol. The van der Waals surface area contributed by atoms with E-state index in [-0.39, 0.29) is 17.7 Å². The van der Waals surface area contributed by atoms with Gasteiger partial charge in [0.15, 0.2) is 0 Å². The first-order chi connectivity index (χ1) is 13.5. The van der Waals surface area contributed by atoms with E-state index in [2.05, 4.69) is 17.4 Å². The molecule has 1 fully saturated rings. The van der Waals surface area contributed by atoms with E-state index >= 15 is 0 Å². The van der Waals surface area contributed by atoms with Crippen LogP contribution in [-0.4, -0.2) is 26.6 Å². The molecular formula is C22H26N2O3S. The highest BCUT2D eigenvalue weighted by atomic mass is 32.2. The van der Waals surface area contributed by atoms with Gasteiger partial charge in [-0.1, -0.05) is 30.3 Å². The van der Waals surface area contributed by atoms with Gasteiger partial charge in [0, 0.05) is 12.1 Å². The van der Waals surface area contributed by atoms with Crippen molar-refractivity contribution in [3.63, 3.8) is 0 Å². The molecule has 0 aromatic heterocycles. The van der Waals surface area contributed by atoms with Crippen molar-refractivity contribution in [2.75, 3.05) is 16.6 Å². The van der Waals surface area contributed by atoms with Crippen LogP contribution in [0.15, 0.2) is 42.5 Å². The van der Waals surface area contributed by atoms with Gasteiger partial charge in [-0.05, 0) is 67.9 Å². The maximum absolute atomic E-state index is 13.0. The third kappa shape index (κ3) is 3.65. The van der Waals surface area contributed by atoms with Gasteiger partial charge < -0.3 is 5.32 Å². The Morgan fingerprint density at radius 2 is 1.93 bits per heavy atom. The van der Waals surface area contributed by atoms with Gasteiger partial charge in [0.1, 0.15) is 0 Å². The molecule has 0 bridgehead atoms. The Hall–Kier alpha value is -2.34. The van der Waals surface area contributed by atoms with E-state index in [1.807, 2.05) is 25.1 Å². The summed E-state index contributed by atoms with van der Waals surface area (Å²) in [5.74, 6) is 0.0132. The Labute approximate surface area is 166 Å². The van der Waals surface area contributed by atoms with Gasteiger partial charge in [0.25, 0.3) is 5.91 Å².